The van der Waals surface area contributed by atoms with Crippen LogP contribution >= 0.6 is 0 Å². The van der Waals surface area contributed by atoms with E-state index in [1.54, 1.807) is 19.1 Å². The molecular weight excluding hydrogens is 172 g/mol. The van der Waals surface area contributed by atoms with Crippen molar-refractivity contribution in [3.63, 3.8) is 0 Å². The number of sulfone groups is 1. The quantitative estimate of drug-likeness (QED) is 0.608. The summed E-state index contributed by atoms with van der Waals surface area (Å²) in [5.74, 6) is 2.42. The van der Waals surface area contributed by atoms with Gasteiger partial charge in [0.25, 0.3) is 0 Å². The minimum absolute atomic E-state index is 0.412. The normalized spacial score (nSPS) is 19.7. The van der Waals surface area contributed by atoms with Gasteiger partial charge in [-0.2, -0.15) is 0 Å². The largest absolute Gasteiger partial charge is 0.219 e. The Morgan fingerprint density at radius 3 is 2.58 bits per heavy atom. The molecule has 0 radical (unpaired) electrons. The third-order valence-corrected chi connectivity index (χ3v) is 3.80. The zero-order chi connectivity index (χ0) is 9.19. The summed E-state index contributed by atoms with van der Waals surface area (Å²) >= 11 is 0. The zero-order valence-corrected chi connectivity index (χ0v) is 7.69. The summed E-state index contributed by atoms with van der Waals surface area (Å²) in [6, 6.07) is 0. The van der Waals surface area contributed by atoms with Gasteiger partial charge < -0.3 is 0 Å². The molecular formula is C9H10O2S. The molecule has 12 heavy (non-hydrogen) atoms. The van der Waals surface area contributed by atoms with Crippen LogP contribution < -0.4 is 0 Å². The highest BCUT2D eigenvalue weighted by atomic mass is 32.2. The Morgan fingerprint density at radius 2 is 2.17 bits per heavy atom. The van der Waals surface area contributed by atoms with Crippen molar-refractivity contribution in [2.45, 2.75) is 19.8 Å². The van der Waals surface area contributed by atoms with Gasteiger partial charge in [-0.1, -0.05) is 0 Å². The Balaban J connectivity index is 2.82. The smallest absolute Gasteiger partial charge is 0.198 e. The number of rotatable bonds is 2. The van der Waals surface area contributed by atoms with Crippen LogP contribution in [0.5, 0.6) is 0 Å². The van der Waals surface area contributed by atoms with Gasteiger partial charge in [0.15, 0.2) is 9.84 Å². The van der Waals surface area contributed by atoms with Gasteiger partial charge in [-0.3, -0.25) is 0 Å². The Morgan fingerprint density at radius 1 is 1.50 bits per heavy atom. The van der Waals surface area contributed by atoms with Crippen molar-refractivity contribution in [3.8, 4) is 12.3 Å². The van der Waals surface area contributed by atoms with Gasteiger partial charge >= 0.3 is 0 Å². The van der Waals surface area contributed by atoms with E-state index in [0.29, 0.717) is 22.7 Å². The van der Waals surface area contributed by atoms with E-state index >= 15 is 0 Å². The average molecular weight is 182 g/mol. The van der Waals surface area contributed by atoms with E-state index in [1.807, 2.05) is 0 Å². The average Bonchev–Trinajstić information content (AvgIpc) is 2.25. The molecule has 1 aliphatic heterocycles. The minimum atomic E-state index is -3.11. The third kappa shape index (κ3) is 1.44. The lowest BCUT2D eigenvalue weighted by Crippen LogP contribution is -2.00. The highest BCUT2D eigenvalue weighted by molar-refractivity contribution is 7.99. The van der Waals surface area contributed by atoms with Gasteiger partial charge in [0.2, 0.25) is 0 Å². The van der Waals surface area contributed by atoms with Crippen molar-refractivity contribution < 1.29 is 8.42 Å². The fourth-order valence-electron chi connectivity index (χ4n) is 1.01. The molecule has 0 saturated heterocycles. The van der Waals surface area contributed by atoms with Crippen LogP contribution in [0.4, 0.5) is 0 Å². The van der Waals surface area contributed by atoms with E-state index in [-0.39, 0.29) is 0 Å². The predicted octanol–water partition coefficient (Wildman–Crippen LogP) is 1.62. The van der Waals surface area contributed by atoms with Crippen LogP contribution in [-0.4, -0.2) is 8.42 Å². The number of hydrogen-bond acceptors (Lipinski definition) is 2. The second-order valence-electron chi connectivity index (χ2n) is 2.62. The number of hydrogen-bond donors (Lipinski definition) is 0. The zero-order valence-electron chi connectivity index (χ0n) is 6.87. The molecule has 0 N–H and O–H groups in total. The minimum Gasteiger partial charge on any atom is -0.219 e. The first-order chi connectivity index (χ1) is 5.59. The van der Waals surface area contributed by atoms with Gasteiger partial charge in [-0.15, -0.1) is 12.3 Å². The molecule has 0 aromatic rings. The highest BCUT2D eigenvalue weighted by Crippen LogP contribution is 2.26. The Bertz CT molecular complexity index is 377. The molecule has 0 fully saturated rings. The van der Waals surface area contributed by atoms with E-state index in [1.165, 1.54) is 0 Å². The number of allylic oxidation sites excluding steroid dienone is 4. The molecule has 0 bridgehead atoms. The first-order valence-corrected chi connectivity index (χ1v) is 5.13. The van der Waals surface area contributed by atoms with Crippen molar-refractivity contribution in [1.82, 2.24) is 0 Å². The molecule has 0 saturated carbocycles. The lowest BCUT2D eigenvalue weighted by Gasteiger charge is -2.00. The van der Waals surface area contributed by atoms with Crippen molar-refractivity contribution in [2.75, 3.05) is 0 Å². The standard InChI is InChI=1S/C9H10O2S/c1-3-4-5-9-7-6-8(2)12(9,10)11/h1,6-7H,4-5H2,2H3. The van der Waals surface area contributed by atoms with E-state index in [2.05, 4.69) is 5.92 Å². The molecule has 2 nitrogen and oxygen atoms in total. The summed E-state index contributed by atoms with van der Waals surface area (Å²) in [5, 5.41) is 0. The summed E-state index contributed by atoms with van der Waals surface area (Å²) in [7, 11) is -3.11. The van der Waals surface area contributed by atoms with Gasteiger partial charge in [-0.05, 0) is 25.5 Å². The molecule has 0 spiro atoms. The summed E-state index contributed by atoms with van der Waals surface area (Å²) < 4.78 is 22.8. The topological polar surface area (TPSA) is 34.1 Å². The predicted molar refractivity (Wildman–Crippen MR) is 48.8 cm³/mol. The summed E-state index contributed by atoms with van der Waals surface area (Å²) in [4.78, 5) is 0.854. The molecule has 0 aliphatic carbocycles. The van der Waals surface area contributed by atoms with Gasteiger partial charge in [0, 0.05) is 16.2 Å². The van der Waals surface area contributed by atoms with Crippen molar-refractivity contribution in [3.05, 3.63) is 22.0 Å². The lowest BCUT2D eigenvalue weighted by atomic mass is 10.3. The van der Waals surface area contributed by atoms with Gasteiger partial charge in [0.1, 0.15) is 0 Å². The second kappa shape index (κ2) is 3.16. The summed E-state index contributed by atoms with van der Waals surface area (Å²) in [6.07, 6.45) is 9.21. The maximum Gasteiger partial charge on any atom is 0.198 e. The van der Waals surface area contributed by atoms with E-state index < -0.39 is 9.84 Å². The Labute approximate surface area is 72.9 Å². The van der Waals surface area contributed by atoms with Crippen LogP contribution in [-0.2, 0) is 9.84 Å². The summed E-state index contributed by atoms with van der Waals surface area (Å²) in [6.45, 7) is 1.59. The van der Waals surface area contributed by atoms with Gasteiger partial charge in [0.05, 0.1) is 0 Å². The third-order valence-electron chi connectivity index (χ3n) is 1.79. The second-order valence-corrected chi connectivity index (χ2v) is 4.79. The van der Waals surface area contributed by atoms with Crippen LogP contribution in [0.25, 0.3) is 0 Å². The van der Waals surface area contributed by atoms with E-state index in [9.17, 15) is 8.42 Å². The first kappa shape index (κ1) is 9.08. The van der Waals surface area contributed by atoms with Crippen LogP contribution in [0.3, 0.4) is 0 Å². The maximum absolute atomic E-state index is 11.4. The van der Waals surface area contributed by atoms with Crippen LogP contribution in [0, 0.1) is 12.3 Å². The van der Waals surface area contributed by atoms with Crippen LogP contribution in [0.15, 0.2) is 22.0 Å². The molecule has 0 unspecified atom stereocenters. The SMILES string of the molecule is C#CCCC1=CC=C(C)S1(=O)=O. The van der Waals surface area contributed by atoms with Crippen LogP contribution in [0.2, 0.25) is 0 Å². The molecule has 0 atom stereocenters. The molecule has 1 rings (SSSR count). The van der Waals surface area contributed by atoms with E-state index in [0.717, 1.165) is 0 Å². The first-order valence-electron chi connectivity index (χ1n) is 3.65. The van der Waals surface area contributed by atoms with Gasteiger partial charge in [-0.25, -0.2) is 8.42 Å². The number of terminal acetylenes is 1. The molecule has 64 valence electrons. The monoisotopic (exact) mass is 182 g/mol. The molecule has 3 heteroatoms. The fourth-order valence-corrected chi connectivity index (χ4v) is 2.29. The van der Waals surface area contributed by atoms with Crippen LogP contribution in [0.1, 0.15) is 19.8 Å². The van der Waals surface area contributed by atoms with Crippen molar-refractivity contribution in [1.29, 1.82) is 0 Å². The van der Waals surface area contributed by atoms with E-state index in [4.69, 9.17) is 6.42 Å². The fraction of sp³-hybridized carbons (Fsp3) is 0.333. The Hall–Kier alpha value is -1.01. The molecule has 0 aromatic heterocycles. The van der Waals surface area contributed by atoms with Crippen molar-refractivity contribution >= 4 is 9.84 Å². The highest BCUT2D eigenvalue weighted by Gasteiger charge is 2.22. The maximum atomic E-state index is 11.4. The molecule has 1 heterocycles. The summed E-state index contributed by atoms with van der Waals surface area (Å²) in [5.41, 5.74) is 0. The molecule has 0 aromatic carbocycles. The van der Waals surface area contributed by atoms with Crippen molar-refractivity contribution in [2.24, 2.45) is 0 Å². The Kier molecular flexibility index (Phi) is 2.39. The molecule has 1 aliphatic rings. The lowest BCUT2D eigenvalue weighted by molar-refractivity contribution is 0.607. The molecule has 0 amide bonds.